The molecule has 0 amide bonds. The van der Waals surface area contributed by atoms with E-state index < -0.39 is 0 Å². The highest BCUT2D eigenvalue weighted by Crippen LogP contribution is 2.40. The van der Waals surface area contributed by atoms with Crippen molar-refractivity contribution in [2.75, 3.05) is 6.54 Å². The van der Waals surface area contributed by atoms with Gasteiger partial charge in [0.25, 0.3) is 0 Å². The molecule has 2 nitrogen and oxygen atoms in total. The van der Waals surface area contributed by atoms with Crippen LogP contribution >= 0.6 is 0 Å². The van der Waals surface area contributed by atoms with Crippen molar-refractivity contribution < 1.29 is 0 Å². The summed E-state index contributed by atoms with van der Waals surface area (Å²) in [6.07, 6.45) is 3.87. The largest absolute Gasteiger partial charge is 0.326 e. The van der Waals surface area contributed by atoms with E-state index in [-0.39, 0.29) is 0 Å². The minimum absolute atomic E-state index is 0.371. The Bertz CT molecular complexity index is 332. The highest BCUT2D eigenvalue weighted by molar-refractivity contribution is 5.21. The molecule has 1 saturated heterocycles. The monoisotopic (exact) mass is 202 g/mol. The summed E-state index contributed by atoms with van der Waals surface area (Å²) in [6.45, 7) is 1.09. The summed E-state index contributed by atoms with van der Waals surface area (Å²) in [5.74, 6) is 0. The van der Waals surface area contributed by atoms with Crippen LogP contribution in [0.4, 0.5) is 0 Å². The molecule has 0 aromatic heterocycles. The lowest BCUT2D eigenvalue weighted by Gasteiger charge is -2.24. The van der Waals surface area contributed by atoms with Gasteiger partial charge in [-0.15, -0.1) is 0 Å². The maximum absolute atomic E-state index is 6.08. The molecule has 3 rings (SSSR count). The van der Waals surface area contributed by atoms with Gasteiger partial charge in [-0.3, -0.25) is 4.90 Å². The second-order valence-corrected chi connectivity index (χ2v) is 4.85. The van der Waals surface area contributed by atoms with Crippen molar-refractivity contribution in [3.8, 4) is 0 Å². The van der Waals surface area contributed by atoms with Crippen molar-refractivity contribution in [1.82, 2.24) is 4.90 Å². The molecule has 1 aliphatic carbocycles. The number of hydrogen-bond acceptors (Lipinski definition) is 2. The molecule has 0 radical (unpaired) electrons. The van der Waals surface area contributed by atoms with Crippen LogP contribution in [0.25, 0.3) is 0 Å². The molecule has 80 valence electrons. The van der Waals surface area contributed by atoms with Gasteiger partial charge in [0.15, 0.2) is 0 Å². The minimum Gasteiger partial charge on any atom is -0.326 e. The van der Waals surface area contributed by atoms with E-state index in [1.54, 1.807) is 0 Å². The van der Waals surface area contributed by atoms with Crippen molar-refractivity contribution in [2.45, 2.75) is 37.4 Å². The maximum Gasteiger partial charge on any atom is 0.0366 e. The third-order valence-electron chi connectivity index (χ3n) is 3.57. The van der Waals surface area contributed by atoms with Crippen LogP contribution in [0.2, 0.25) is 0 Å². The third kappa shape index (κ3) is 1.80. The Balaban J connectivity index is 1.84. The van der Waals surface area contributed by atoms with Gasteiger partial charge >= 0.3 is 0 Å². The molecule has 0 bridgehead atoms. The van der Waals surface area contributed by atoms with Crippen LogP contribution in [-0.4, -0.2) is 23.5 Å². The second-order valence-electron chi connectivity index (χ2n) is 4.85. The van der Waals surface area contributed by atoms with E-state index >= 15 is 0 Å². The predicted molar refractivity (Wildman–Crippen MR) is 61.5 cm³/mol. The molecule has 2 fully saturated rings. The first-order valence-electron chi connectivity index (χ1n) is 5.91. The van der Waals surface area contributed by atoms with Crippen LogP contribution in [0.5, 0.6) is 0 Å². The topological polar surface area (TPSA) is 29.3 Å². The van der Waals surface area contributed by atoms with Crippen LogP contribution < -0.4 is 5.73 Å². The molecule has 1 aliphatic heterocycles. The fourth-order valence-electron chi connectivity index (χ4n) is 2.71. The molecule has 1 saturated carbocycles. The van der Waals surface area contributed by atoms with Gasteiger partial charge in [-0.05, 0) is 24.8 Å². The van der Waals surface area contributed by atoms with Gasteiger partial charge < -0.3 is 5.73 Å². The molecular formula is C13H18N2. The Hall–Kier alpha value is -0.860. The standard InChI is InChI=1S/C13H18N2/c14-11-8-13(10-4-2-1-3-5-10)15(9-11)12-6-7-12/h1-5,11-13H,6-9,14H2. The Kier molecular flexibility index (Phi) is 2.26. The van der Waals surface area contributed by atoms with Gasteiger partial charge in [-0.25, -0.2) is 0 Å². The Morgan fingerprint density at radius 2 is 1.87 bits per heavy atom. The number of nitrogens with zero attached hydrogens (tertiary/aromatic N) is 1. The van der Waals surface area contributed by atoms with Gasteiger partial charge in [0, 0.05) is 24.7 Å². The van der Waals surface area contributed by atoms with Gasteiger partial charge in [-0.2, -0.15) is 0 Å². The first kappa shape index (κ1) is 9.37. The van der Waals surface area contributed by atoms with Crippen molar-refractivity contribution >= 4 is 0 Å². The normalized spacial score (nSPS) is 32.1. The zero-order valence-corrected chi connectivity index (χ0v) is 8.97. The number of rotatable bonds is 2. The fraction of sp³-hybridized carbons (Fsp3) is 0.538. The molecular weight excluding hydrogens is 184 g/mol. The first-order valence-corrected chi connectivity index (χ1v) is 5.91. The SMILES string of the molecule is NC1CC(c2ccccc2)N(C2CC2)C1. The van der Waals surface area contributed by atoms with Crippen LogP contribution in [-0.2, 0) is 0 Å². The summed E-state index contributed by atoms with van der Waals surface area (Å²) >= 11 is 0. The van der Waals surface area contributed by atoms with E-state index in [0.29, 0.717) is 12.1 Å². The molecule has 2 heteroatoms. The molecule has 1 aromatic rings. The highest BCUT2D eigenvalue weighted by atomic mass is 15.2. The van der Waals surface area contributed by atoms with Gasteiger partial charge in [0.05, 0.1) is 0 Å². The number of nitrogens with two attached hydrogens (primary N) is 1. The Morgan fingerprint density at radius 3 is 2.53 bits per heavy atom. The van der Waals surface area contributed by atoms with E-state index in [0.717, 1.165) is 19.0 Å². The van der Waals surface area contributed by atoms with Gasteiger partial charge in [0.2, 0.25) is 0 Å². The third-order valence-corrected chi connectivity index (χ3v) is 3.57. The van der Waals surface area contributed by atoms with Gasteiger partial charge in [0.1, 0.15) is 0 Å². The molecule has 2 N–H and O–H groups in total. The summed E-state index contributed by atoms with van der Waals surface area (Å²) in [4.78, 5) is 2.61. The van der Waals surface area contributed by atoms with E-state index in [9.17, 15) is 0 Å². The van der Waals surface area contributed by atoms with Crippen molar-refractivity contribution in [3.63, 3.8) is 0 Å². The molecule has 2 unspecified atom stereocenters. The van der Waals surface area contributed by atoms with E-state index in [4.69, 9.17) is 5.73 Å². The lowest BCUT2D eigenvalue weighted by Crippen LogP contribution is -2.29. The van der Waals surface area contributed by atoms with E-state index in [1.165, 1.54) is 18.4 Å². The van der Waals surface area contributed by atoms with Crippen LogP contribution in [0.1, 0.15) is 30.9 Å². The van der Waals surface area contributed by atoms with Crippen LogP contribution in [0, 0.1) is 0 Å². The van der Waals surface area contributed by atoms with Crippen molar-refractivity contribution in [2.24, 2.45) is 5.73 Å². The molecule has 15 heavy (non-hydrogen) atoms. The summed E-state index contributed by atoms with van der Waals surface area (Å²) < 4.78 is 0. The average Bonchev–Trinajstić information content (AvgIpc) is 3.03. The molecule has 2 aliphatic rings. The van der Waals surface area contributed by atoms with Gasteiger partial charge in [-0.1, -0.05) is 30.3 Å². The van der Waals surface area contributed by atoms with Crippen LogP contribution in [0.3, 0.4) is 0 Å². The van der Waals surface area contributed by atoms with Crippen molar-refractivity contribution in [1.29, 1.82) is 0 Å². The second kappa shape index (κ2) is 3.62. The highest BCUT2D eigenvalue weighted by Gasteiger charge is 2.40. The minimum atomic E-state index is 0.371. The number of hydrogen-bond donors (Lipinski definition) is 1. The van der Waals surface area contributed by atoms with Crippen LogP contribution in [0.15, 0.2) is 30.3 Å². The Morgan fingerprint density at radius 1 is 1.13 bits per heavy atom. The lowest BCUT2D eigenvalue weighted by molar-refractivity contribution is 0.245. The molecule has 1 heterocycles. The quantitative estimate of drug-likeness (QED) is 0.794. The summed E-state index contributed by atoms with van der Waals surface area (Å²) in [7, 11) is 0. The predicted octanol–water partition coefficient (Wildman–Crippen LogP) is 1.92. The average molecular weight is 202 g/mol. The molecule has 1 aromatic carbocycles. The fourth-order valence-corrected chi connectivity index (χ4v) is 2.71. The lowest BCUT2D eigenvalue weighted by atomic mass is 10.0. The smallest absolute Gasteiger partial charge is 0.0366 e. The number of benzene rings is 1. The maximum atomic E-state index is 6.08. The molecule has 0 spiro atoms. The molecule has 2 atom stereocenters. The Labute approximate surface area is 91.1 Å². The summed E-state index contributed by atoms with van der Waals surface area (Å²) in [5.41, 5.74) is 7.52. The van der Waals surface area contributed by atoms with E-state index in [1.807, 2.05) is 0 Å². The zero-order valence-electron chi connectivity index (χ0n) is 8.97. The zero-order chi connectivity index (χ0) is 10.3. The first-order chi connectivity index (χ1) is 7.34. The summed E-state index contributed by atoms with van der Waals surface area (Å²) in [5, 5.41) is 0. The van der Waals surface area contributed by atoms with E-state index in [2.05, 4.69) is 35.2 Å². The number of likely N-dealkylation sites (tertiary alicyclic amines) is 1. The van der Waals surface area contributed by atoms with Crippen molar-refractivity contribution in [3.05, 3.63) is 35.9 Å². The summed E-state index contributed by atoms with van der Waals surface area (Å²) in [6, 6.07) is 12.6.